The summed E-state index contributed by atoms with van der Waals surface area (Å²) in [5.74, 6) is -2.99. The smallest absolute Gasteiger partial charge is 0.263 e. The second-order valence-corrected chi connectivity index (χ2v) is 4.14. The van der Waals surface area contributed by atoms with Gasteiger partial charge in [-0.3, -0.25) is 14.3 Å². The summed E-state index contributed by atoms with van der Waals surface area (Å²) in [5, 5.41) is 28.1. The highest BCUT2D eigenvalue weighted by molar-refractivity contribution is 7.71. The summed E-state index contributed by atoms with van der Waals surface area (Å²) < 4.78 is 27.0. The van der Waals surface area contributed by atoms with Crippen LogP contribution in [0.2, 0.25) is 0 Å². The Bertz CT molecular complexity index is 609. The molecule has 18 heavy (non-hydrogen) atoms. The maximum atomic E-state index is 14.0. The average molecular weight is 279 g/mol. The Balaban J connectivity index is 2.55. The molecular formula is C9H11FN2O5S. The van der Waals surface area contributed by atoms with E-state index in [0.29, 0.717) is 0 Å². The van der Waals surface area contributed by atoms with Crippen LogP contribution in [-0.4, -0.2) is 49.5 Å². The molecule has 7 nitrogen and oxygen atoms in total. The number of aliphatic hydroxyl groups is 3. The van der Waals surface area contributed by atoms with Crippen molar-refractivity contribution >= 4 is 12.2 Å². The van der Waals surface area contributed by atoms with E-state index in [1.807, 2.05) is 0 Å². The van der Waals surface area contributed by atoms with Crippen molar-refractivity contribution in [2.75, 3.05) is 6.61 Å². The minimum Gasteiger partial charge on any atom is -0.390 e. The van der Waals surface area contributed by atoms with E-state index in [1.165, 1.54) is 0 Å². The largest absolute Gasteiger partial charge is 0.390 e. The summed E-state index contributed by atoms with van der Waals surface area (Å²) in [6.45, 7) is -1.25. The molecule has 0 unspecified atom stereocenters. The Labute approximate surface area is 106 Å². The lowest BCUT2D eigenvalue weighted by Gasteiger charge is -2.20. The number of alkyl halides is 1. The first-order valence-electron chi connectivity index (χ1n) is 5.43. The first kappa shape index (κ1) is 11.9. The summed E-state index contributed by atoms with van der Waals surface area (Å²) in [7, 11) is 0. The third-order valence-corrected chi connectivity index (χ3v) is 2.84. The molecule has 9 heteroatoms. The van der Waals surface area contributed by atoms with Crippen molar-refractivity contribution in [1.29, 1.82) is 0 Å². The van der Waals surface area contributed by atoms with Crippen molar-refractivity contribution in [2.45, 2.75) is 24.3 Å². The van der Waals surface area contributed by atoms with Crippen LogP contribution in [0.3, 0.4) is 0 Å². The molecule has 0 spiro atoms. The Hall–Kier alpha value is -1.13. The van der Waals surface area contributed by atoms with Gasteiger partial charge in [0, 0.05) is 12.3 Å². The zero-order valence-electron chi connectivity index (χ0n) is 9.91. The molecule has 4 atom stereocenters. The highest BCUT2D eigenvalue weighted by atomic mass is 32.1. The number of hydrogen-bond acceptors (Lipinski definition) is 6. The highest BCUT2D eigenvalue weighted by Gasteiger charge is 2.55. The van der Waals surface area contributed by atoms with E-state index < -0.39 is 36.4 Å². The van der Waals surface area contributed by atoms with Crippen LogP contribution in [0.4, 0.5) is 4.39 Å². The standard InChI is InChI=1S/C9H11FN2O5S/c10-9(3-13)6(16)5(15)7(17-9)12-2-1-4(14)11-8(12)18/h1-2,5-7,13,15-16H,3H2,(H,11,14,18)/t5-,6+,7-,9-/m1/s1/i7D. The summed E-state index contributed by atoms with van der Waals surface area (Å²) in [6, 6.07) is 0.992. The Kier molecular flexibility index (Phi) is 2.99. The minimum absolute atomic E-state index is 0.295. The Morgan fingerprint density at radius 1 is 1.72 bits per heavy atom. The van der Waals surface area contributed by atoms with E-state index in [-0.39, 0.29) is 4.77 Å². The number of ether oxygens (including phenoxy) is 1. The van der Waals surface area contributed by atoms with Crippen molar-refractivity contribution < 1.29 is 25.8 Å². The Morgan fingerprint density at radius 2 is 2.39 bits per heavy atom. The molecule has 100 valence electrons. The SMILES string of the molecule is [2H][C@@]1(n2ccc(=O)[nH]c2=S)O[C@](F)(CO)[C@@H](O)[C@H]1O. The van der Waals surface area contributed by atoms with Crippen LogP contribution in [0, 0.1) is 4.77 Å². The second-order valence-electron chi connectivity index (χ2n) is 3.75. The minimum atomic E-state index is -2.99. The van der Waals surface area contributed by atoms with Gasteiger partial charge in [0.15, 0.2) is 11.0 Å². The number of aromatic amines is 1. The van der Waals surface area contributed by atoms with E-state index in [2.05, 4.69) is 9.72 Å². The van der Waals surface area contributed by atoms with Crippen LogP contribution in [0.5, 0.6) is 0 Å². The zero-order valence-corrected chi connectivity index (χ0v) is 9.72. The monoisotopic (exact) mass is 279 g/mol. The predicted octanol–water partition coefficient (Wildman–Crippen LogP) is -1.19. The van der Waals surface area contributed by atoms with Gasteiger partial charge >= 0.3 is 0 Å². The number of nitrogens with one attached hydrogen (secondary N) is 1. The van der Waals surface area contributed by atoms with Crippen molar-refractivity contribution in [2.24, 2.45) is 0 Å². The molecule has 1 aromatic rings. The molecule has 1 aliphatic heterocycles. The maximum absolute atomic E-state index is 14.0. The van der Waals surface area contributed by atoms with Crippen LogP contribution in [0.25, 0.3) is 0 Å². The molecule has 0 radical (unpaired) electrons. The molecule has 4 N–H and O–H groups in total. The van der Waals surface area contributed by atoms with Gasteiger partial charge in [0.2, 0.25) is 0 Å². The van der Waals surface area contributed by atoms with Gasteiger partial charge in [-0.2, -0.15) is 0 Å². The Morgan fingerprint density at radius 3 is 2.89 bits per heavy atom. The van der Waals surface area contributed by atoms with Crippen molar-refractivity contribution in [3.8, 4) is 0 Å². The number of rotatable bonds is 2. The number of halogens is 1. The first-order chi connectivity index (χ1) is 8.74. The van der Waals surface area contributed by atoms with Crippen molar-refractivity contribution in [1.82, 2.24) is 9.55 Å². The zero-order chi connectivity index (χ0) is 14.4. The summed E-state index contributed by atoms with van der Waals surface area (Å²) >= 11 is 4.78. The molecule has 0 amide bonds. The van der Waals surface area contributed by atoms with E-state index in [0.717, 1.165) is 16.8 Å². The summed E-state index contributed by atoms with van der Waals surface area (Å²) in [6.07, 6.45) is -5.63. The van der Waals surface area contributed by atoms with Crippen molar-refractivity contribution in [3.63, 3.8) is 0 Å². The van der Waals surface area contributed by atoms with Crippen LogP contribution >= 0.6 is 12.2 Å². The van der Waals surface area contributed by atoms with E-state index in [1.54, 1.807) is 0 Å². The molecule has 0 saturated carbocycles. The van der Waals surface area contributed by atoms with Crippen molar-refractivity contribution in [3.05, 3.63) is 27.4 Å². The third-order valence-electron chi connectivity index (χ3n) is 2.54. The van der Waals surface area contributed by atoms with Gasteiger partial charge in [-0.15, -0.1) is 0 Å². The third kappa shape index (κ3) is 1.99. The molecule has 0 aliphatic carbocycles. The van der Waals surface area contributed by atoms with Crippen LogP contribution in [-0.2, 0) is 4.74 Å². The lowest BCUT2D eigenvalue weighted by molar-refractivity contribution is -0.207. The van der Waals surface area contributed by atoms with E-state index >= 15 is 0 Å². The van der Waals surface area contributed by atoms with Crippen LogP contribution in [0.1, 0.15) is 7.57 Å². The molecular weight excluding hydrogens is 267 g/mol. The highest BCUT2D eigenvalue weighted by Crippen LogP contribution is 2.37. The average Bonchev–Trinajstić information content (AvgIpc) is 2.52. The van der Waals surface area contributed by atoms with Gasteiger partial charge in [0.1, 0.15) is 18.8 Å². The fourth-order valence-electron chi connectivity index (χ4n) is 1.57. The van der Waals surface area contributed by atoms with Crippen LogP contribution < -0.4 is 5.56 Å². The number of hydrogen-bond donors (Lipinski definition) is 4. The second kappa shape index (κ2) is 4.52. The first-order valence-corrected chi connectivity index (χ1v) is 5.34. The number of aromatic nitrogens is 2. The molecule has 2 heterocycles. The number of H-pyrrole nitrogens is 1. The molecule has 1 fully saturated rings. The lowest BCUT2D eigenvalue weighted by atomic mass is 10.1. The predicted molar refractivity (Wildman–Crippen MR) is 58.9 cm³/mol. The molecule has 1 aromatic heterocycles. The van der Waals surface area contributed by atoms with Gasteiger partial charge in [0.05, 0.1) is 1.37 Å². The topological polar surface area (TPSA) is 108 Å². The fourth-order valence-corrected chi connectivity index (χ4v) is 1.83. The lowest BCUT2D eigenvalue weighted by Crippen LogP contribution is -2.42. The van der Waals surface area contributed by atoms with Crippen LogP contribution in [0.15, 0.2) is 17.1 Å². The molecule has 0 aromatic carbocycles. The van der Waals surface area contributed by atoms with Gasteiger partial charge < -0.3 is 20.1 Å². The molecule has 1 saturated heterocycles. The van der Waals surface area contributed by atoms with Gasteiger partial charge in [0.25, 0.3) is 11.4 Å². The van der Waals surface area contributed by atoms with Gasteiger partial charge in [-0.1, -0.05) is 0 Å². The molecule has 2 rings (SSSR count). The summed E-state index contributed by atoms with van der Waals surface area (Å²) in [4.78, 5) is 13.2. The van der Waals surface area contributed by atoms with Gasteiger partial charge in [-0.05, 0) is 12.2 Å². The summed E-state index contributed by atoms with van der Waals surface area (Å²) in [5.41, 5.74) is -0.549. The van der Waals surface area contributed by atoms with Gasteiger partial charge in [-0.25, -0.2) is 4.39 Å². The number of aliphatic hydroxyl groups excluding tert-OH is 3. The quantitative estimate of drug-likeness (QED) is 0.507. The van der Waals surface area contributed by atoms with E-state index in [4.69, 9.17) is 18.7 Å². The normalized spacial score (nSPS) is 40.8. The number of nitrogens with zero attached hydrogens (tertiary/aromatic N) is 1. The fraction of sp³-hybridized carbons (Fsp3) is 0.556. The molecule has 0 bridgehead atoms. The maximum Gasteiger partial charge on any atom is 0.263 e. The molecule has 1 aliphatic rings. The van der Waals surface area contributed by atoms with E-state index in [9.17, 15) is 19.4 Å².